The number of anilines is 1. The third-order valence-corrected chi connectivity index (χ3v) is 6.69. The van der Waals surface area contributed by atoms with E-state index in [-0.39, 0.29) is 12.2 Å². The smallest absolute Gasteiger partial charge is 0.159 e. The average Bonchev–Trinajstić information content (AvgIpc) is 3.28. The van der Waals surface area contributed by atoms with Crippen LogP contribution in [0.15, 0.2) is 73.4 Å². The molecule has 0 radical (unpaired) electrons. The number of ketones is 1. The maximum absolute atomic E-state index is 12.1. The van der Waals surface area contributed by atoms with Gasteiger partial charge in [0.25, 0.3) is 0 Å². The van der Waals surface area contributed by atoms with Crippen LogP contribution in [-0.2, 0) is 11.2 Å². The largest absolute Gasteiger partial charge is 0.497 e. The van der Waals surface area contributed by atoms with Gasteiger partial charge >= 0.3 is 0 Å². The lowest BCUT2D eigenvalue weighted by Gasteiger charge is -2.34. The van der Waals surface area contributed by atoms with Crippen LogP contribution in [0.3, 0.4) is 0 Å². The molecule has 2 aromatic carbocycles. The third-order valence-electron chi connectivity index (χ3n) is 6.69. The molecule has 0 bridgehead atoms. The van der Waals surface area contributed by atoms with Crippen LogP contribution in [0.4, 0.5) is 5.69 Å². The van der Waals surface area contributed by atoms with Gasteiger partial charge in [0.15, 0.2) is 5.78 Å². The zero-order valence-electron chi connectivity index (χ0n) is 20.3. The van der Waals surface area contributed by atoms with E-state index in [1.165, 1.54) is 11.8 Å². The molecule has 1 fully saturated rings. The van der Waals surface area contributed by atoms with Crippen LogP contribution in [0.2, 0.25) is 0 Å². The number of nitrogens with one attached hydrogen (secondary N) is 1. The highest BCUT2D eigenvalue weighted by Crippen LogP contribution is 2.40. The van der Waals surface area contributed by atoms with Crippen molar-refractivity contribution in [2.45, 2.75) is 6.42 Å². The van der Waals surface area contributed by atoms with E-state index in [0.29, 0.717) is 5.75 Å². The van der Waals surface area contributed by atoms with Crippen molar-refractivity contribution in [2.75, 3.05) is 45.2 Å². The van der Waals surface area contributed by atoms with Gasteiger partial charge in [0, 0.05) is 55.4 Å². The summed E-state index contributed by atoms with van der Waals surface area (Å²) in [5.41, 5.74) is 7.07. The van der Waals surface area contributed by atoms with Crippen molar-refractivity contribution >= 4 is 22.5 Å². The van der Waals surface area contributed by atoms with E-state index in [0.717, 1.165) is 65.2 Å². The van der Waals surface area contributed by atoms with Gasteiger partial charge in [0.1, 0.15) is 11.4 Å². The number of carbonyl (C=O) groups is 1. The molecule has 1 aliphatic rings. The number of aromatic nitrogens is 2. The summed E-state index contributed by atoms with van der Waals surface area (Å²) in [7, 11) is 3.82. The maximum Gasteiger partial charge on any atom is 0.159 e. The molecule has 2 aromatic heterocycles. The van der Waals surface area contributed by atoms with Gasteiger partial charge in [-0.15, -0.1) is 0 Å². The lowest BCUT2D eigenvalue weighted by atomic mass is 9.95. The topological polar surface area (TPSA) is 61.5 Å². The van der Waals surface area contributed by atoms with Crippen LogP contribution in [0, 0.1) is 0 Å². The Labute approximate surface area is 205 Å². The lowest BCUT2D eigenvalue weighted by molar-refractivity contribution is -0.114. The highest BCUT2D eigenvalue weighted by molar-refractivity contribution is 6.03. The number of benzene rings is 2. The number of fused-ring (bicyclic) bond motifs is 1. The second kappa shape index (κ2) is 9.76. The minimum Gasteiger partial charge on any atom is -0.497 e. The molecule has 1 saturated heterocycles. The van der Waals surface area contributed by atoms with Gasteiger partial charge in [-0.25, -0.2) is 4.98 Å². The predicted molar refractivity (Wildman–Crippen MR) is 142 cm³/mol. The second-order valence-corrected chi connectivity index (χ2v) is 9.03. The monoisotopic (exact) mass is 466 g/mol. The van der Waals surface area contributed by atoms with Gasteiger partial charge in [0.2, 0.25) is 0 Å². The number of aromatic amines is 1. The Morgan fingerprint density at radius 3 is 2.57 bits per heavy atom. The molecule has 178 valence electrons. The number of carbonyl (C=O) groups excluding carboxylic acids is 1. The normalized spacial score (nSPS) is 14.3. The molecule has 35 heavy (non-hydrogen) atoms. The van der Waals surface area contributed by atoms with Crippen molar-refractivity contribution in [1.29, 1.82) is 0 Å². The van der Waals surface area contributed by atoms with Crippen molar-refractivity contribution in [2.24, 2.45) is 0 Å². The fraction of sp³-hybridized carbons (Fsp3) is 0.241. The lowest BCUT2D eigenvalue weighted by Crippen LogP contribution is -2.44. The molecule has 0 unspecified atom stereocenters. The Balaban J connectivity index is 1.59. The van der Waals surface area contributed by atoms with E-state index in [1.54, 1.807) is 13.3 Å². The number of ether oxygens (including phenoxy) is 1. The first-order valence-electron chi connectivity index (χ1n) is 11.9. The molecule has 6 heteroatoms. The number of nitrogens with zero attached hydrogens (tertiary/aromatic N) is 3. The van der Waals surface area contributed by atoms with E-state index in [9.17, 15) is 4.79 Å². The number of methoxy groups -OCH3 is 1. The first-order valence-corrected chi connectivity index (χ1v) is 11.9. The van der Waals surface area contributed by atoms with Crippen LogP contribution < -0.4 is 9.64 Å². The number of H-pyrrole nitrogens is 1. The first kappa shape index (κ1) is 22.9. The van der Waals surface area contributed by atoms with E-state index in [1.807, 2.05) is 18.2 Å². The molecule has 0 saturated carbocycles. The van der Waals surface area contributed by atoms with Crippen molar-refractivity contribution in [1.82, 2.24) is 14.9 Å². The second-order valence-electron chi connectivity index (χ2n) is 9.03. The highest BCUT2D eigenvalue weighted by atomic mass is 16.5. The summed E-state index contributed by atoms with van der Waals surface area (Å²) in [5.74, 6) is 0.688. The molecule has 1 aliphatic heterocycles. The van der Waals surface area contributed by atoms with Crippen LogP contribution in [-0.4, -0.2) is 61.0 Å². The van der Waals surface area contributed by atoms with Crippen LogP contribution >= 0.6 is 0 Å². The Kier molecular flexibility index (Phi) is 6.38. The Morgan fingerprint density at radius 2 is 1.86 bits per heavy atom. The molecule has 0 atom stereocenters. The van der Waals surface area contributed by atoms with Gasteiger partial charge in [0.05, 0.1) is 12.8 Å². The summed E-state index contributed by atoms with van der Waals surface area (Å²) in [5, 5.41) is 1.03. The first-order chi connectivity index (χ1) is 17.1. The summed E-state index contributed by atoms with van der Waals surface area (Å²) >= 11 is 0. The van der Waals surface area contributed by atoms with E-state index in [2.05, 4.69) is 69.8 Å². The molecule has 4 aromatic rings. The molecule has 0 amide bonds. The molecule has 0 spiro atoms. The maximum atomic E-state index is 12.1. The fourth-order valence-electron chi connectivity index (χ4n) is 4.74. The van der Waals surface area contributed by atoms with E-state index >= 15 is 0 Å². The Morgan fingerprint density at radius 1 is 1.09 bits per heavy atom. The van der Waals surface area contributed by atoms with Gasteiger partial charge in [-0.2, -0.15) is 0 Å². The van der Waals surface area contributed by atoms with Gasteiger partial charge < -0.3 is 19.5 Å². The number of allylic oxidation sites excluding steroid dienone is 1. The summed E-state index contributed by atoms with van der Waals surface area (Å²) in [6.07, 6.45) is 3.44. The van der Waals surface area contributed by atoms with E-state index in [4.69, 9.17) is 4.74 Å². The summed E-state index contributed by atoms with van der Waals surface area (Å²) in [4.78, 5) is 25.0. The fourth-order valence-corrected chi connectivity index (χ4v) is 4.74. The van der Waals surface area contributed by atoms with Crippen molar-refractivity contribution < 1.29 is 9.53 Å². The minimum atomic E-state index is -0.0236. The number of pyridine rings is 1. The Hall–Kier alpha value is -3.90. The standard InChI is InChI=1S/C29H30N4O2/c1-4-24(34)17-20-16-22(19-25(18-20)35-3)27-26-6-5-11-30-29(26)31-28(27)21-7-9-23(10-8-21)33-14-12-32(2)13-15-33/h4-11,16,18-19H,1,12-15,17H2,2-3H3,(H,30,31). The van der Waals surface area contributed by atoms with Gasteiger partial charge in [-0.05, 0) is 66.2 Å². The van der Waals surface area contributed by atoms with Gasteiger partial charge in [-0.3, -0.25) is 4.79 Å². The average molecular weight is 467 g/mol. The number of piperazine rings is 1. The minimum absolute atomic E-state index is 0.0236. The number of rotatable bonds is 7. The predicted octanol–water partition coefficient (Wildman–Crippen LogP) is 4.95. The van der Waals surface area contributed by atoms with Gasteiger partial charge in [-0.1, -0.05) is 24.8 Å². The molecule has 3 heterocycles. The van der Waals surface area contributed by atoms with Crippen LogP contribution in [0.25, 0.3) is 33.4 Å². The molecule has 0 aliphatic carbocycles. The molecule has 1 N–H and O–H groups in total. The zero-order chi connectivity index (χ0) is 24.4. The van der Waals surface area contributed by atoms with E-state index < -0.39 is 0 Å². The summed E-state index contributed by atoms with van der Waals surface area (Å²) < 4.78 is 5.58. The summed E-state index contributed by atoms with van der Waals surface area (Å²) in [6, 6.07) is 18.7. The third kappa shape index (κ3) is 4.70. The van der Waals surface area contributed by atoms with Crippen molar-refractivity contribution in [3.8, 4) is 28.1 Å². The molecule has 6 nitrogen and oxygen atoms in total. The van der Waals surface area contributed by atoms with Crippen LogP contribution in [0.5, 0.6) is 5.75 Å². The van der Waals surface area contributed by atoms with Crippen molar-refractivity contribution in [3.63, 3.8) is 0 Å². The van der Waals surface area contributed by atoms with Crippen LogP contribution in [0.1, 0.15) is 5.56 Å². The number of likely N-dealkylation sites (N-methyl/N-ethyl adjacent to an activating group) is 1. The zero-order valence-corrected chi connectivity index (χ0v) is 20.3. The highest BCUT2D eigenvalue weighted by Gasteiger charge is 2.19. The molecular weight excluding hydrogens is 436 g/mol. The Bertz CT molecular complexity index is 1370. The number of hydrogen-bond donors (Lipinski definition) is 1. The van der Waals surface area contributed by atoms with Crippen molar-refractivity contribution in [3.05, 3.63) is 79.0 Å². The molecular formula is C29H30N4O2. The quantitative estimate of drug-likeness (QED) is 0.390. The SMILES string of the molecule is C=CC(=O)Cc1cc(OC)cc(-c2c(-c3ccc(N4CCN(C)CC4)cc3)[nH]c3ncccc23)c1. The molecule has 5 rings (SSSR count). The number of hydrogen-bond acceptors (Lipinski definition) is 5. The summed E-state index contributed by atoms with van der Waals surface area (Å²) in [6.45, 7) is 7.83.